The van der Waals surface area contributed by atoms with Gasteiger partial charge in [-0.3, -0.25) is 9.59 Å². The molecule has 1 heterocycles. The Balaban J connectivity index is 2.73. The van der Waals surface area contributed by atoms with Crippen LogP contribution in [0.25, 0.3) is 0 Å². The van der Waals surface area contributed by atoms with Gasteiger partial charge in [-0.2, -0.15) is 0 Å². The maximum absolute atomic E-state index is 12.7. The molecule has 8 nitrogen and oxygen atoms in total. The van der Waals surface area contributed by atoms with Crippen molar-refractivity contribution in [1.82, 2.24) is 9.80 Å². The summed E-state index contributed by atoms with van der Waals surface area (Å²) >= 11 is 0. The molecule has 0 N–H and O–H groups in total. The molecule has 8 heteroatoms. The number of ether oxygens (including phenoxy) is 3. The molecule has 0 bridgehead atoms. The molecule has 0 unspecified atom stereocenters. The molecular weight excluding hydrogens is 340 g/mol. The largest absolute Gasteiger partial charge is 0.469 e. The van der Waals surface area contributed by atoms with Crippen molar-refractivity contribution in [3.05, 3.63) is 0 Å². The van der Waals surface area contributed by atoms with Crippen molar-refractivity contribution >= 4 is 18.0 Å². The number of hydrogen-bond donors (Lipinski definition) is 0. The normalized spacial score (nSPS) is 18.8. The Labute approximate surface area is 155 Å². The van der Waals surface area contributed by atoms with Gasteiger partial charge in [-0.1, -0.05) is 6.92 Å². The van der Waals surface area contributed by atoms with Gasteiger partial charge in [0.1, 0.15) is 5.60 Å². The highest BCUT2D eigenvalue weighted by molar-refractivity contribution is 5.79. The summed E-state index contributed by atoms with van der Waals surface area (Å²) in [4.78, 5) is 39.9. The lowest BCUT2D eigenvalue weighted by Gasteiger charge is -2.37. The number of morpholine rings is 1. The third kappa shape index (κ3) is 6.82. The van der Waals surface area contributed by atoms with Crippen molar-refractivity contribution in [3.63, 3.8) is 0 Å². The number of amides is 2. The standard InChI is InChI=1S/C18H32N2O6/c1-7-19(11-13(2)16(22)24-6)15(21)10-14-12-25-9-8-20(14)17(23)26-18(3,4)5/h13-14H,7-12H2,1-6H3/t13-,14+/m0/s1. The van der Waals surface area contributed by atoms with E-state index in [0.717, 1.165) is 0 Å². The Hall–Kier alpha value is -1.83. The van der Waals surface area contributed by atoms with E-state index in [4.69, 9.17) is 14.2 Å². The molecular formula is C18H32N2O6. The van der Waals surface area contributed by atoms with E-state index in [1.807, 2.05) is 6.92 Å². The lowest BCUT2D eigenvalue weighted by Crippen LogP contribution is -2.52. The van der Waals surface area contributed by atoms with Crippen LogP contribution in [0.15, 0.2) is 0 Å². The molecule has 1 fully saturated rings. The van der Waals surface area contributed by atoms with Gasteiger partial charge in [0, 0.05) is 26.1 Å². The van der Waals surface area contributed by atoms with E-state index in [-0.39, 0.29) is 37.5 Å². The van der Waals surface area contributed by atoms with E-state index in [9.17, 15) is 14.4 Å². The van der Waals surface area contributed by atoms with Gasteiger partial charge >= 0.3 is 12.1 Å². The molecule has 1 saturated heterocycles. The van der Waals surface area contributed by atoms with Crippen molar-refractivity contribution < 1.29 is 28.6 Å². The van der Waals surface area contributed by atoms with Crippen LogP contribution in [0.5, 0.6) is 0 Å². The first-order valence-corrected chi connectivity index (χ1v) is 9.02. The van der Waals surface area contributed by atoms with Crippen molar-refractivity contribution in [1.29, 1.82) is 0 Å². The highest BCUT2D eigenvalue weighted by Crippen LogP contribution is 2.18. The maximum atomic E-state index is 12.7. The van der Waals surface area contributed by atoms with Gasteiger partial charge < -0.3 is 24.0 Å². The summed E-state index contributed by atoms with van der Waals surface area (Å²) in [6.45, 7) is 10.8. The summed E-state index contributed by atoms with van der Waals surface area (Å²) in [6, 6.07) is -0.381. The SMILES string of the molecule is CCN(C[C@H](C)C(=O)OC)C(=O)C[C@@H]1COCCN1C(=O)OC(C)(C)C. The van der Waals surface area contributed by atoms with Gasteiger partial charge in [0.05, 0.1) is 32.3 Å². The Morgan fingerprint density at radius 1 is 1.31 bits per heavy atom. The average molecular weight is 372 g/mol. The first kappa shape index (κ1) is 22.2. The summed E-state index contributed by atoms with van der Waals surface area (Å²) in [5, 5.41) is 0. The Morgan fingerprint density at radius 2 is 1.96 bits per heavy atom. The summed E-state index contributed by atoms with van der Waals surface area (Å²) in [5.74, 6) is -0.895. The number of carbonyl (C=O) groups excluding carboxylic acids is 3. The zero-order valence-corrected chi connectivity index (χ0v) is 16.7. The van der Waals surface area contributed by atoms with E-state index in [2.05, 4.69) is 0 Å². The minimum atomic E-state index is -0.602. The van der Waals surface area contributed by atoms with Crippen LogP contribution >= 0.6 is 0 Å². The molecule has 1 aliphatic heterocycles. The minimum Gasteiger partial charge on any atom is -0.469 e. The van der Waals surface area contributed by atoms with Crippen molar-refractivity contribution in [2.75, 3.05) is 40.0 Å². The molecule has 0 spiro atoms. The van der Waals surface area contributed by atoms with Crippen LogP contribution in [0.1, 0.15) is 41.0 Å². The van der Waals surface area contributed by atoms with Gasteiger partial charge in [0.25, 0.3) is 0 Å². The molecule has 1 aliphatic rings. The molecule has 0 aromatic carbocycles. The second-order valence-electron chi connectivity index (χ2n) is 7.46. The van der Waals surface area contributed by atoms with Crippen LogP contribution in [0.4, 0.5) is 4.79 Å². The lowest BCUT2D eigenvalue weighted by molar-refractivity contribution is -0.146. The second-order valence-corrected chi connectivity index (χ2v) is 7.46. The summed E-state index contributed by atoms with van der Waals surface area (Å²) in [5.41, 5.74) is -0.602. The first-order chi connectivity index (χ1) is 12.1. The summed E-state index contributed by atoms with van der Waals surface area (Å²) in [6.07, 6.45) is -0.314. The van der Waals surface area contributed by atoms with Crippen LogP contribution in [0, 0.1) is 5.92 Å². The van der Waals surface area contributed by atoms with Crippen molar-refractivity contribution in [2.45, 2.75) is 52.7 Å². The molecule has 0 aromatic rings. The van der Waals surface area contributed by atoms with E-state index in [0.29, 0.717) is 19.7 Å². The highest BCUT2D eigenvalue weighted by Gasteiger charge is 2.33. The Kier molecular flexibility index (Phi) is 8.33. The highest BCUT2D eigenvalue weighted by atomic mass is 16.6. The van der Waals surface area contributed by atoms with Gasteiger partial charge in [-0.05, 0) is 27.7 Å². The van der Waals surface area contributed by atoms with E-state index < -0.39 is 17.6 Å². The minimum absolute atomic E-state index is 0.126. The zero-order chi connectivity index (χ0) is 19.9. The Bertz CT molecular complexity index is 502. The first-order valence-electron chi connectivity index (χ1n) is 9.02. The number of esters is 1. The lowest BCUT2D eigenvalue weighted by atomic mass is 10.1. The molecule has 2 atom stereocenters. The summed E-state index contributed by atoms with van der Waals surface area (Å²) in [7, 11) is 1.33. The molecule has 0 radical (unpaired) electrons. The predicted octanol–water partition coefficient (Wildman–Crippen LogP) is 1.67. The fourth-order valence-corrected chi connectivity index (χ4v) is 2.73. The second kappa shape index (κ2) is 9.75. The van der Waals surface area contributed by atoms with Crippen LogP contribution < -0.4 is 0 Å². The Morgan fingerprint density at radius 3 is 2.50 bits per heavy atom. The van der Waals surface area contributed by atoms with Crippen LogP contribution in [0.3, 0.4) is 0 Å². The number of methoxy groups -OCH3 is 1. The predicted molar refractivity (Wildman–Crippen MR) is 95.6 cm³/mol. The molecule has 0 aromatic heterocycles. The van der Waals surface area contributed by atoms with Gasteiger partial charge in [-0.15, -0.1) is 0 Å². The fraction of sp³-hybridized carbons (Fsp3) is 0.833. The average Bonchev–Trinajstić information content (AvgIpc) is 2.57. The fourth-order valence-electron chi connectivity index (χ4n) is 2.73. The number of carbonyl (C=O) groups is 3. The van der Waals surface area contributed by atoms with Crippen LogP contribution in [0.2, 0.25) is 0 Å². The van der Waals surface area contributed by atoms with E-state index >= 15 is 0 Å². The van der Waals surface area contributed by atoms with Crippen LogP contribution in [-0.2, 0) is 23.8 Å². The third-order valence-electron chi connectivity index (χ3n) is 4.10. The molecule has 0 saturated carbocycles. The third-order valence-corrected chi connectivity index (χ3v) is 4.10. The molecule has 150 valence electrons. The van der Waals surface area contributed by atoms with Gasteiger partial charge in [-0.25, -0.2) is 4.79 Å². The monoisotopic (exact) mass is 372 g/mol. The maximum Gasteiger partial charge on any atom is 0.410 e. The smallest absolute Gasteiger partial charge is 0.410 e. The van der Waals surface area contributed by atoms with Crippen molar-refractivity contribution in [2.24, 2.45) is 5.92 Å². The topological polar surface area (TPSA) is 85.4 Å². The van der Waals surface area contributed by atoms with Crippen LogP contribution in [-0.4, -0.2) is 79.4 Å². The molecule has 1 rings (SSSR count). The number of hydrogen-bond acceptors (Lipinski definition) is 6. The number of nitrogens with zero attached hydrogens (tertiary/aromatic N) is 2. The molecule has 0 aliphatic carbocycles. The van der Waals surface area contributed by atoms with Crippen molar-refractivity contribution in [3.8, 4) is 0 Å². The molecule has 2 amide bonds. The van der Waals surface area contributed by atoms with E-state index in [1.54, 1.807) is 37.5 Å². The molecule has 26 heavy (non-hydrogen) atoms. The summed E-state index contributed by atoms with van der Waals surface area (Å²) < 4.78 is 15.6. The number of rotatable bonds is 6. The van der Waals surface area contributed by atoms with Gasteiger partial charge in [0.15, 0.2) is 0 Å². The van der Waals surface area contributed by atoms with Gasteiger partial charge in [0.2, 0.25) is 5.91 Å². The zero-order valence-electron chi connectivity index (χ0n) is 16.7. The van der Waals surface area contributed by atoms with E-state index in [1.165, 1.54) is 7.11 Å². The quantitative estimate of drug-likeness (QED) is 0.660.